The molecule has 0 aliphatic carbocycles. The van der Waals surface area contributed by atoms with Crippen LogP contribution in [-0.4, -0.2) is 19.3 Å². The highest BCUT2D eigenvalue weighted by Crippen LogP contribution is 2.32. The molecule has 1 aromatic rings. The lowest BCUT2D eigenvalue weighted by atomic mass is 10.1. The van der Waals surface area contributed by atoms with Crippen molar-refractivity contribution >= 4 is 12.4 Å². The fraction of sp³-hybridized carbons (Fsp3) is 0.538. The average molecular weight is 265 g/mol. The molecule has 1 heterocycles. The van der Waals surface area contributed by atoms with Gasteiger partial charge in [0.2, 0.25) is 6.79 Å². The highest BCUT2D eigenvalue weighted by atomic mass is 35.5. The zero-order valence-electron chi connectivity index (χ0n) is 16.4. The maximum absolute atomic E-state index is 7.78. The summed E-state index contributed by atoms with van der Waals surface area (Å²) in [5.41, 5.74) is 0.847. The Morgan fingerprint density at radius 1 is 1.47 bits per heavy atom. The van der Waals surface area contributed by atoms with Gasteiger partial charge >= 0.3 is 0 Å². The first-order valence-corrected chi connectivity index (χ1v) is 5.10. The predicted octanol–water partition coefficient (Wildman–Crippen LogP) is 2.77. The molecule has 0 bridgehead atoms. The molecule has 1 aliphatic heterocycles. The lowest BCUT2D eigenvalue weighted by Gasteiger charge is -2.13. The number of rotatable bonds is 5. The first-order valence-electron chi connectivity index (χ1n) is 8.60. The zero-order valence-corrected chi connectivity index (χ0v) is 10.3. The summed E-state index contributed by atoms with van der Waals surface area (Å²) in [5.74, 6) is 1.25. The SMILES string of the molecule is Cl.[2H]C([2H])([2H])C([2H])([2H])C([2H])([2H])NC(C)Cc1ccc2c(c1)OCO2. The lowest BCUT2D eigenvalue weighted by Crippen LogP contribution is -2.28. The van der Waals surface area contributed by atoms with Gasteiger partial charge in [0.1, 0.15) is 0 Å². The summed E-state index contributed by atoms with van der Waals surface area (Å²) in [4.78, 5) is 0. The summed E-state index contributed by atoms with van der Waals surface area (Å²) < 4.78 is 62.8. The molecule has 0 amide bonds. The number of halogens is 1. The molecular weight excluding hydrogens is 238 g/mol. The van der Waals surface area contributed by atoms with E-state index in [0.717, 1.165) is 5.56 Å². The molecule has 17 heavy (non-hydrogen) atoms. The van der Waals surface area contributed by atoms with E-state index in [9.17, 15) is 0 Å². The van der Waals surface area contributed by atoms with Crippen LogP contribution in [0.2, 0.25) is 0 Å². The molecule has 3 nitrogen and oxygen atoms in total. The van der Waals surface area contributed by atoms with Gasteiger partial charge in [0, 0.05) is 15.6 Å². The summed E-state index contributed by atoms with van der Waals surface area (Å²) in [5, 5.41) is 2.45. The summed E-state index contributed by atoms with van der Waals surface area (Å²) in [6.45, 7) is -3.94. The fourth-order valence-electron chi connectivity index (χ4n) is 1.63. The maximum Gasteiger partial charge on any atom is 0.231 e. The van der Waals surface area contributed by atoms with Gasteiger partial charge in [-0.05, 0) is 43.9 Å². The van der Waals surface area contributed by atoms with E-state index in [2.05, 4.69) is 5.32 Å². The van der Waals surface area contributed by atoms with Crippen molar-refractivity contribution in [1.29, 1.82) is 0 Å². The number of ether oxygens (including phenoxy) is 2. The third-order valence-electron chi connectivity index (χ3n) is 2.36. The van der Waals surface area contributed by atoms with Crippen LogP contribution in [0.3, 0.4) is 0 Å². The first-order chi connectivity index (χ1) is 10.4. The van der Waals surface area contributed by atoms with Crippen molar-refractivity contribution in [3.63, 3.8) is 0 Å². The Morgan fingerprint density at radius 3 is 3.12 bits per heavy atom. The Labute approximate surface area is 119 Å². The van der Waals surface area contributed by atoms with Crippen LogP contribution in [0.1, 0.15) is 35.3 Å². The average Bonchev–Trinajstić information content (AvgIpc) is 2.83. The van der Waals surface area contributed by atoms with Crippen molar-refractivity contribution in [2.75, 3.05) is 13.3 Å². The Hall–Kier alpha value is -0.930. The van der Waals surface area contributed by atoms with Gasteiger partial charge in [-0.2, -0.15) is 0 Å². The van der Waals surface area contributed by atoms with Gasteiger partial charge in [0.05, 0.1) is 0 Å². The summed E-state index contributed by atoms with van der Waals surface area (Å²) in [6.07, 6.45) is -2.63. The Bertz CT molecular complexity index is 580. The largest absolute Gasteiger partial charge is 0.454 e. The van der Waals surface area contributed by atoms with Crippen LogP contribution < -0.4 is 14.8 Å². The van der Waals surface area contributed by atoms with E-state index in [0.29, 0.717) is 17.9 Å². The number of fused-ring (bicyclic) bond motifs is 1. The van der Waals surface area contributed by atoms with Crippen LogP contribution in [0.15, 0.2) is 18.2 Å². The molecule has 1 N–H and O–H groups in total. The molecular formula is C13H20ClNO2. The zero-order chi connectivity index (χ0) is 17.5. The van der Waals surface area contributed by atoms with Crippen molar-refractivity contribution < 1.29 is 19.1 Å². The van der Waals surface area contributed by atoms with Crippen LogP contribution in [0, 0.1) is 0 Å². The summed E-state index contributed by atoms with van der Waals surface area (Å²) in [7, 11) is 0. The normalized spacial score (nSPS) is 22.8. The van der Waals surface area contributed by atoms with E-state index < -0.39 is 25.8 Å². The number of hydrogen-bond donors (Lipinski definition) is 1. The number of benzene rings is 1. The molecule has 1 atom stereocenters. The Kier molecular flexibility index (Phi) is 2.71. The molecule has 0 saturated carbocycles. The second kappa shape index (κ2) is 6.72. The van der Waals surface area contributed by atoms with E-state index in [1.54, 1.807) is 25.1 Å². The monoisotopic (exact) mass is 264 g/mol. The van der Waals surface area contributed by atoms with Crippen molar-refractivity contribution in [3.8, 4) is 11.5 Å². The van der Waals surface area contributed by atoms with Crippen LogP contribution in [0.4, 0.5) is 0 Å². The maximum atomic E-state index is 7.78. The van der Waals surface area contributed by atoms with E-state index in [1.807, 2.05) is 0 Å². The minimum absolute atomic E-state index is 0. The predicted molar refractivity (Wildman–Crippen MR) is 71.3 cm³/mol. The minimum Gasteiger partial charge on any atom is -0.454 e. The fourth-order valence-corrected chi connectivity index (χ4v) is 1.63. The first kappa shape index (κ1) is 6.86. The molecule has 96 valence electrons. The van der Waals surface area contributed by atoms with Crippen LogP contribution >= 0.6 is 12.4 Å². The second-order valence-corrected chi connectivity index (χ2v) is 3.69. The highest BCUT2D eigenvalue weighted by Gasteiger charge is 2.13. The van der Waals surface area contributed by atoms with Gasteiger partial charge < -0.3 is 14.8 Å². The van der Waals surface area contributed by atoms with Gasteiger partial charge in [0.25, 0.3) is 0 Å². The van der Waals surface area contributed by atoms with Crippen LogP contribution in [0.5, 0.6) is 11.5 Å². The van der Waals surface area contributed by atoms with Crippen molar-refractivity contribution in [2.24, 2.45) is 0 Å². The lowest BCUT2D eigenvalue weighted by molar-refractivity contribution is 0.174. The van der Waals surface area contributed by atoms with Crippen molar-refractivity contribution in [2.45, 2.75) is 32.6 Å². The van der Waals surface area contributed by atoms with Crippen molar-refractivity contribution in [3.05, 3.63) is 23.8 Å². The molecule has 1 unspecified atom stereocenters. The molecule has 4 heteroatoms. The van der Waals surface area contributed by atoms with Gasteiger partial charge in [-0.25, -0.2) is 0 Å². The third kappa shape index (κ3) is 3.79. The molecule has 0 spiro atoms. The smallest absolute Gasteiger partial charge is 0.231 e. The van der Waals surface area contributed by atoms with Gasteiger partial charge in [0.15, 0.2) is 11.5 Å². The molecule has 0 aromatic heterocycles. The van der Waals surface area contributed by atoms with Crippen LogP contribution in [0.25, 0.3) is 0 Å². The summed E-state index contributed by atoms with van der Waals surface area (Å²) in [6, 6.07) is 4.84. The van der Waals surface area contributed by atoms with Gasteiger partial charge in [-0.3, -0.25) is 0 Å². The highest BCUT2D eigenvalue weighted by molar-refractivity contribution is 5.85. The summed E-state index contributed by atoms with van der Waals surface area (Å²) >= 11 is 0. The van der Waals surface area contributed by atoms with Crippen LogP contribution in [-0.2, 0) is 6.42 Å². The minimum atomic E-state index is -3.07. The molecule has 0 fully saturated rings. The van der Waals surface area contributed by atoms with E-state index in [4.69, 9.17) is 19.1 Å². The molecule has 0 saturated heterocycles. The van der Waals surface area contributed by atoms with Crippen molar-refractivity contribution in [1.82, 2.24) is 5.32 Å². The quantitative estimate of drug-likeness (QED) is 0.887. The second-order valence-electron chi connectivity index (χ2n) is 3.69. The molecule has 2 rings (SSSR count). The molecule has 0 radical (unpaired) electrons. The van der Waals surface area contributed by atoms with Gasteiger partial charge in [-0.15, -0.1) is 12.4 Å². The topological polar surface area (TPSA) is 30.5 Å². The molecule has 1 aliphatic rings. The standard InChI is InChI=1S/C13H19NO2.ClH/c1-3-6-14-10(2)7-11-4-5-12-13(8-11)16-9-15-12;/h4-5,8,10,14H,3,6-7,9H2,1-2H3;1H/i1D3,3D2,6D2;. The molecule has 1 aromatic carbocycles. The van der Waals surface area contributed by atoms with E-state index in [1.165, 1.54) is 0 Å². The third-order valence-corrected chi connectivity index (χ3v) is 2.36. The number of hydrogen-bond acceptors (Lipinski definition) is 3. The number of nitrogens with one attached hydrogen (secondary N) is 1. The Morgan fingerprint density at radius 2 is 2.29 bits per heavy atom. The van der Waals surface area contributed by atoms with E-state index >= 15 is 0 Å². The van der Waals surface area contributed by atoms with E-state index in [-0.39, 0.29) is 19.2 Å². The van der Waals surface area contributed by atoms with Gasteiger partial charge in [-0.1, -0.05) is 12.9 Å². The Balaban J connectivity index is 0.00000288.